The highest BCUT2D eigenvalue weighted by Crippen LogP contribution is 2.22. The van der Waals surface area contributed by atoms with E-state index in [4.69, 9.17) is 0 Å². The summed E-state index contributed by atoms with van der Waals surface area (Å²) in [5, 5.41) is 4.29. The lowest BCUT2D eigenvalue weighted by Crippen LogP contribution is -1.89. The molecular weight excluding hydrogens is 202 g/mol. The summed E-state index contributed by atoms with van der Waals surface area (Å²) in [6.07, 6.45) is 5.46. The molecule has 0 spiro atoms. The maximum Gasteiger partial charge on any atom is 0.0409 e. The monoisotopic (exact) mass is 217 g/mol. The van der Waals surface area contributed by atoms with Gasteiger partial charge < -0.3 is 0 Å². The van der Waals surface area contributed by atoms with E-state index in [1.807, 2.05) is 6.20 Å². The van der Waals surface area contributed by atoms with E-state index >= 15 is 0 Å². The summed E-state index contributed by atoms with van der Waals surface area (Å²) in [7, 11) is 0. The number of hydrogen-bond acceptors (Lipinski definition) is 2. The molecule has 2 heterocycles. The van der Waals surface area contributed by atoms with Gasteiger partial charge in [0.25, 0.3) is 0 Å². The SMILES string of the molecule is CCCCc1cc(-c2ccsc2)ccn1. The third kappa shape index (κ3) is 2.66. The molecule has 15 heavy (non-hydrogen) atoms. The van der Waals surface area contributed by atoms with Crippen molar-refractivity contribution >= 4 is 11.3 Å². The molecule has 0 aromatic carbocycles. The fraction of sp³-hybridized carbons (Fsp3) is 0.308. The van der Waals surface area contributed by atoms with E-state index in [9.17, 15) is 0 Å². The Morgan fingerprint density at radius 1 is 1.27 bits per heavy atom. The van der Waals surface area contributed by atoms with E-state index in [-0.39, 0.29) is 0 Å². The van der Waals surface area contributed by atoms with Gasteiger partial charge in [-0.3, -0.25) is 4.98 Å². The maximum atomic E-state index is 4.39. The Bertz CT molecular complexity index is 406. The molecule has 0 unspecified atom stereocenters. The van der Waals surface area contributed by atoms with Gasteiger partial charge >= 0.3 is 0 Å². The first-order valence-corrected chi connectivity index (χ1v) is 6.32. The second-order valence-electron chi connectivity index (χ2n) is 3.65. The van der Waals surface area contributed by atoms with Crippen LogP contribution in [0.25, 0.3) is 11.1 Å². The van der Waals surface area contributed by atoms with Crippen LogP contribution in [0, 0.1) is 0 Å². The molecule has 0 aliphatic carbocycles. The van der Waals surface area contributed by atoms with Crippen molar-refractivity contribution in [1.29, 1.82) is 0 Å². The predicted octanol–water partition coefficient (Wildman–Crippen LogP) is 4.15. The second-order valence-corrected chi connectivity index (χ2v) is 4.43. The van der Waals surface area contributed by atoms with Crippen molar-refractivity contribution in [2.24, 2.45) is 0 Å². The summed E-state index contributed by atoms with van der Waals surface area (Å²) in [6, 6.07) is 6.44. The maximum absolute atomic E-state index is 4.39. The first-order valence-electron chi connectivity index (χ1n) is 5.37. The number of thiophene rings is 1. The predicted molar refractivity (Wildman–Crippen MR) is 66.2 cm³/mol. The first kappa shape index (κ1) is 10.4. The van der Waals surface area contributed by atoms with Crippen LogP contribution in [0.15, 0.2) is 35.2 Å². The number of hydrogen-bond donors (Lipinski definition) is 0. The summed E-state index contributed by atoms with van der Waals surface area (Å²) in [4.78, 5) is 4.39. The number of pyridine rings is 1. The van der Waals surface area contributed by atoms with E-state index in [1.165, 1.54) is 29.7 Å². The van der Waals surface area contributed by atoms with Crippen LogP contribution in [0.2, 0.25) is 0 Å². The topological polar surface area (TPSA) is 12.9 Å². The van der Waals surface area contributed by atoms with Crippen LogP contribution in [0.5, 0.6) is 0 Å². The van der Waals surface area contributed by atoms with Crippen LogP contribution < -0.4 is 0 Å². The Labute approximate surface area is 94.8 Å². The van der Waals surface area contributed by atoms with Gasteiger partial charge in [-0.15, -0.1) is 0 Å². The summed E-state index contributed by atoms with van der Waals surface area (Å²) < 4.78 is 0. The Kier molecular flexibility index (Phi) is 3.51. The molecule has 0 atom stereocenters. The zero-order valence-electron chi connectivity index (χ0n) is 8.94. The molecule has 0 saturated carbocycles. The van der Waals surface area contributed by atoms with Gasteiger partial charge in [-0.2, -0.15) is 11.3 Å². The van der Waals surface area contributed by atoms with E-state index in [2.05, 4.69) is 40.9 Å². The lowest BCUT2D eigenvalue weighted by molar-refractivity contribution is 0.777. The van der Waals surface area contributed by atoms with Gasteiger partial charge in [0.1, 0.15) is 0 Å². The summed E-state index contributed by atoms with van der Waals surface area (Å²) in [5.74, 6) is 0. The quantitative estimate of drug-likeness (QED) is 0.749. The average Bonchev–Trinajstić information content (AvgIpc) is 2.80. The lowest BCUT2D eigenvalue weighted by atomic mass is 10.1. The zero-order valence-corrected chi connectivity index (χ0v) is 9.76. The van der Waals surface area contributed by atoms with Gasteiger partial charge in [0, 0.05) is 11.9 Å². The molecule has 0 aliphatic rings. The minimum Gasteiger partial charge on any atom is -0.261 e. The molecule has 0 N–H and O–H groups in total. The van der Waals surface area contributed by atoms with Crippen LogP contribution in [-0.2, 0) is 6.42 Å². The highest BCUT2D eigenvalue weighted by atomic mass is 32.1. The summed E-state index contributed by atoms with van der Waals surface area (Å²) in [5.41, 5.74) is 3.80. The van der Waals surface area contributed by atoms with Crippen molar-refractivity contribution in [2.75, 3.05) is 0 Å². The fourth-order valence-corrected chi connectivity index (χ4v) is 2.25. The molecule has 0 saturated heterocycles. The molecular formula is C13H15NS. The van der Waals surface area contributed by atoms with Crippen LogP contribution in [0.4, 0.5) is 0 Å². The second kappa shape index (κ2) is 5.08. The highest BCUT2D eigenvalue weighted by molar-refractivity contribution is 7.08. The van der Waals surface area contributed by atoms with Gasteiger partial charge in [0.05, 0.1) is 0 Å². The standard InChI is InChI=1S/C13H15NS/c1-2-3-4-13-9-11(5-7-14-13)12-6-8-15-10-12/h5-10H,2-4H2,1H3. The minimum absolute atomic E-state index is 1.09. The van der Waals surface area contributed by atoms with Gasteiger partial charge in [-0.1, -0.05) is 13.3 Å². The highest BCUT2D eigenvalue weighted by Gasteiger charge is 2.00. The van der Waals surface area contributed by atoms with E-state index in [1.54, 1.807) is 11.3 Å². The lowest BCUT2D eigenvalue weighted by Gasteiger charge is -2.02. The van der Waals surface area contributed by atoms with Crippen molar-refractivity contribution < 1.29 is 0 Å². The molecule has 2 aromatic rings. The number of nitrogens with zero attached hydrogens (tertiary/aromatic N) is 1. The third-order valence-electron chi connectivity index (χ3n) is 2.46. The van der Waals surface area contributed by atoms with Crippen molar-refractivity contribution in [3.8, 4) is 11.1 Å². The van der Waals surface area contributed by atoms with Crippen LogP contribution in [0.3, 0.4) is 0 Å². The summed E-state index contributed by atoms with van der Waals surface area (Å²) in [6.45, 7) is 2.21. The first-order chi connectivity index (χ1) is 7.40. The molecule has 2 heteroatoms. The van der Waals surface area contributed by atoms with Gasteiger partial charge in [-0.25, -0.2) is 0 Å². The number of aromatic nitrogens is 1. The largest absolute Gasteiger partial charge is 0.261 e. The molecule has 0 aliphatic heterocycles. The van der Waals surface area contributed by atoms with Crippen LogP contribution in [0.1, 0.15) is 25.5 Å². The molecule has 0 fully saturated rings. The molecule has 2 rings (SSSR count). The van der Waals surface area contributed by atoms with Crippen molar-refractivity contribution in [3.05, 3.63) is 40.8 Å². The number of rotatable bonds is 4. The van der Waals surface area contributed by atoms with Gasteiger partial charge in [0.2, 0.25) is 0 Å². The minimum atomic E-state index is 1.09. The fourth-order valence-electron chi connectivity index (χ4n) is 1.58. The van der Waals surface area contributed by atoms with E-state index in [0.717, 1.165) is 6.42 Å². The molecule has 78 valence electrons. The zero-order chi connectivity index (χ0) is 10.5. The van der Waals surface area contributed by atoms with Crippen LogP contribution >= 0.6 is 11.3 Å². The Morgan fingerprint density at radius 2 is 2.20 bits per heavy atom. The average molecular weight is 217 g/mol. The van der Waals surface area contributed by atoms with E-state index in [0.29, 0.717) is 0 Å². The van der Waals surface area contributed by atoms with Gasteiger partial charge in [0.15, 0.2) is 0 Å². The van der Waals surface area contributed by atoms with Crippen molar-refractivity contribution in [3.63, 3.8) is 0 Å². The molecule has 1 nitrogen and oxygen atoms in total. The van der Waals surface area contributed by atoms with Crippen molar-refractivity contribution in [1.82, 2.24) is 4.98 Å². The summed E-state index contributed by atoms with van der Waals surface area (Å²) >= 11 is 1.74. The Balaban J connectivity index is 2.19. The smallest absolute Gasteiger partial charge is 0.0409 e. The third-order valence-corrected chi connectivity index (χ3v) is 3.14. The van der Waals surface area contributed by atoms with E-state index < -0.39 is 0 Å². The normalized spacial score (nSPS) is 10.5. The number of aryl methyl sites for hydroxylation is 1. The molecule has 2 aromatic heterocycles. The van der Waals surface area contributed by atoms with Crippen molar-refractivity contribution in [2.45, 2.75) is 26.2 Å². The molecule has 0 radical (unpaired) electrons. The number of unbranched alkanes of at least 4 members (excludes halogenated alkanes) is 1. The Morgan fingerprint density at radius 3 is 2.93 bits per heavy atom. The molecule has 0 amide bonds. The van der Waals surface area contributed by atoms with Gasteiger partial charge in [-0.05, 0) is 52.9 Å². The Hall–Kier alpha value is -1.15. The molecule has 0 bridgehead atoms. The van der Waals surface area contributed by atoms with Crippen LogP contribution in [-0.4, -0.2) is 4.98 Å².